The van der Waals surface area contributed by atoms with Gasteiger partial charge in [-0.05, 0) is 38.5 Å². The van der Waals surface area contributed by atoms with Crippen molar-refractivity contribution in [2.24, 2.45) is 17.6 Å². The molecule has 0 spiro atoms. The average molecular weight is 210 g/mol. The molecular weight excluding hydrogens is 188 g/mol. The first-order chi connectivity index (χ1) is 7.11. The van der Waals surface area contributed by atoms with Gasteiger partial charge in [0.15, 0.2) is 0 Å². The molecule has 4 atom stereocenters. The zero-order valence-corrected chi connectivity index (χ0v) is 9.78. The Morgan fingerprint density at radius 3 is 2.60 bits per heavy atom. The van der Waals surface area contributed by atoms with Crippen molar-refractivity contribution in [3.8, 4) is 0 Å². The van der Waals surface area contributed by atoms with Crippen LogP contribution in [0.3, 0.4) is 0 Å². The van der Waals surface area contributed by atoms with Gasteiger partial charge in [0.2, 0.25) is 0 Å². The van der Waals surface area contributed by atoms with E-state index in [0.717, 1.165) is 12.3 Å². The number of urea groups is 1. The van der Waals surface area contributed by atoms with E-state index in [-0.39, 0.29) is 6.03 Å². The highest BCUT2D eigenvalue weighted by atomic mass is 16.2. The van der Waals surface area contributed by atoms with Gasteiger partial charge in [-0.25, -0.2) is 4.79 Å². The third kappa shape index (κ3) is 1.84. The first-order valence-corrected chi connectivity index (χ1v) is 6.19. The minimum Gasteiger partial charge on any atom is -0.351 e. The molecule has 2 amide bonds. The number of carbonyl (C=O) groups is 1. The summed E-state index contributed by atoms with van der Waals surface area (Å²) in [4.78, 5) is 13.3. The fourth-order valence-electron chi connectivity index (χ4n) is 3.74. The molecule has 15 heavy (non-hydrogen) atoms. The summed E-state index contributed by atoms with van der Waals surface area (Å²) in [6.07, 6.45) is 6.48. The van der Waals surface area contributed by atoms with Gasteiger partial charge in [-0.3, -0.25) is 0 Å². The molecule has 0 aromatic carbocycles. The lowest BCUT2D eigenvalue weighted by atomic mass is 9.69. The van der Waals surface area contributed by atoms with Crippen molar-refractivity contribution in [1.82, 2.24) is 4.90 Å². The minimum absolute atomic E-state index is 0.237. The number of rotatable bonds is 0. The predicted octanol–water partition coefficient (Wildman–Crippen LogP) is 2.35. The number of fused-ring (bicyclic) bond motifs is 1. The Balaban J connectivity index is 2.14. The summed E-state index contributed by atoms with van der Waals surface area (Å²) in [5, 5.41) is 0. The first-order valence-electron chi connectivity index (χ1n) is 6.19. The quantitative estimate of drug-likeness (QED) is 0.655. The van der Waals surface area contributed by atoms with Gasteiger partial charge >= 0.3 is 6.03 Å². The molecule has 1 saturated carbocycles. The highest BCUT2D eigenvalue weighted by Crippen LogP contribution is 2.41. The lowest BCUT2D eigenvalue weighted by Gasteiger charge is -2.49. The predicted molar refractivity (Wildman–Crippen MR) is 60.4 cm³/mol. The third-order valence-electron chi connectivity index (χ3n) is 4.40. The van der Waals surface area contributed by atoms with Crippen LogP contribution >= 0.6 is 0 Å². The number of amides is 2. The topological polar surface area (TPSA) is 46.3 Å². The monoisotopic (exact) mass is 210 g/mol. The average Bonchev–Trinajstić information content (AvgIpc) is 2.17. The number of nitrogens with two attached hydrogens (primary N) is 1. The molecule has 86 valence electrons. The second-order valence-electron chi connectivity index (χ2n) is 5.28. The highest BCUT2D eigenvalue weighted by molar-refractivity contribution is 5.73. The summed E-state index contributed by atoms with van der Waals surface area (Å²) < 4.78 is 0. The van der Waals surface area contributed by atoms with Gasteiger partial charge in [-0.15, -0.1) is 0 Å². The van der Waals surface area contributed by atoms with Crippen molar-refractivity contribution >= 4 is 6.03 Å². The largest absolute Gasteiger partial charge is 0.351 e. The van der Waals surface area contributed by atoms with Crippen LogP contribution in [0.15, 0.2) is 0 Å². The van der Waals surface area contributed by atoms with Gasteiger partial charge in [0.1, 0.15) is 0 Å². The molecule has 2 rings (SSSR count). The first kappa shape index (κ1) is 10.8. The molecule has 1 heterocycles. The molecule has 1 saturated heterocycles. The maximum absolute atomic E-state index is 11.4. The normalized spacial score (nSPS) is 41.1. The van der Waals surface area contributed by atoms with E-state index >= 15 is 0 Å². The number of hydrogen-bond donors (Lipinski definition) is 1. The van der Waals surface area contributed by atoms with Crippen LogP contribution in [0.5, 0.6) is 0 Å². The van der Waals surface area contributed by atoms with Crippen molar-refractivity contribution in [2.75, 3.05) is 0 Å². The van der Waals surface area contributed by atoms with Gasteiger partial charge in [-0.1, -0.05) is 19.3 Å². The molecule has 2 N–H and O–H groups in total. The van der Waals surface area contributed by atoms with Crippen LogP contribution in [0.2, 0.25) is 0 Å². The molecule has 2 fully saturated rings. The van der Waals surface area contributed by atoms with Gasteiger partial charge in [0.05, 0.1) is 0 Å². The Morgan fingerprint density at radius 2 is 1.93 bits per heavy atom. The minimum atomic E-state index is -0.237. The molecule has 1 aliphatic carbocycles. The van der Waals surface area contributed by atoms with Crippen LogP contribution in [0.4, 0.5) is 4.79 Å². The van der Waals surface area contributed by atoms with E-state index in [1.165, 1.54) is 25.7 Å². The standard InChI is InChI=1S/C12H22N2O/c1-8-7-10-5-3-4-6-11(10)9(2)14(8)12(13)15/h8-11H,3-7H2,1-2H3,(H2,13,15). The molecule has 0 bridgehead atoms. The SMILES string of the molecule is CC1CC2CCCCC2C(C)N1C(N)=O. The van der Waals surface area contributed by atoms with Gasteiger partial charge < -0.3 is 10.6 Å². The van der Waals surface area contributed by atoms with Crippen molar-refractivity contribution in [3.63, 3.8) is 0 Å². The van der Waals surface area contributed by atoms with Crippen LogP contribution in [0.1, 0.15) is 46.0 Å². The van der Waals surface area contributed by atoms with E-state index in [4.69, 9.17) is 5.73 Å². The highest BCUT2D eigenvalue weighted by Gasteiger charge is 2.41. The maximum atomic E-state index is 11.4. The fourth-order valence-corrected chi connectivity index (χ4v) is 3.74. The summed E-state index contributed by atoms with van der Waals surface area (Å²) in [5.74, 6) is 1.53. The molecule has 0 radical (unpaired) electrons. The molecule has 0 aromatic rings. The lowest BCUT2D eigenvalue weighted by molar-refractivity contribution is 0.0257. The number of hydrogen-bond acceptors (Lipinski definition) is 1. The van der Waals surface area contributed by atoms with E-state index in [1.54, 1.807) is 0 Å². The fraction of sp³-hybridized carbons (Fsp3) is 0.917. The van der Waals surface area contributed by atoms with E-state index in [9.17, 15) is 4.79 Å². The number of carbonyl (C=O) groups excluding carboxylic acids is 1. The second-order valence-corrected chi connectivity index (χ2v) is 5.28. The van der Waals surface area contributed by atoms with E-state index < -0.39 is 0 Å². The Hall–Kier alpha value is -0.730. The summed E-state index contributed by atoms with van der Waals surface area (Å²) >= 11 is 0. The van der Waals surface area contributed by atoms with Gasteiger partial charge in [-0.2, -0.15) is 0 Å². The van der Waals surface area contributed by atoms with Crippen molar-refractivity contribution < 1.29 is 4.79 Å². The molecule has 3 heteroatoms. The molecule has 1 aliphatic heterocycles. The Kier molecular flexibility index (Phi) is 2.89. The van der Waals surface area contributed by atoms with Crippen LogP contribution in [0, 0.1) is 11.8 Å². The molecule has 2 aliphatic rings. The van der Waals surface area contributed by atoms with Crippen LogP contribution in [-0.2, 0) is 0 Å². The Labute approximate surface area is 92.0 Å². The maximum Gasteiger partial charge on any atom is 0.315 e. The van der Waals surface area contributed by atoms with E-state index in [0.29, 0.717) is 18.0 Å². The number of likely N-dealkylation sites (tertiary alicyclic amines) is 1. The zero-order valence-electron chi connectivity index (χ0n) is 9.78. The summed E-state index contributed by atoms with van der Waals surface area (Å²) in [6, 6.07) is 0.437. The van der Waals surface area contributed by atoms with E-state index in [2.05, 4.69) is 13.8 Å². The van der Waals surface area contributed by atoms with E-state index in [1.807, 2.05) is 4.90 Å². The molecule has 3 nitrogen and oxygen atoms in total. The smallest absolute Gasteiger partial charge is 0.315 e. The zero-order chi connectivity index (χ0) is 11.0. The molecule has 0 aromatic heterocycles. The number of primary amides is 1. The summed E-state index contributed by atoms with van der Waals surface area (Å²) in [7, 11) is 0. The number of nitrogens with zero attached hydrogens (tertiary/aromatic N) is 1. The Morgan fingerprint density at radius 1 is 1.27 bits per heavy atom. The van der Waals surface area contributed by atoms with Crippen molar-refractivity contribution in [3.05, 3.63) is 0 Å². The molecular formula is C12H22N2O. The van der Waals surface area contributed by atoms with Crippen molar-refractivity contribution in [1.29, 1.82) is 0 Å². The van der Waals surface area contributed by atoms with Crippen LogP contribution in [0.25, 0.3) is 0 Å². The number of piperidine rings is 1. The van der Waals surface area contributed by atoms with Gasteiger partial charge in [0, 0.05) is 12.1 Å². The van der Waals surface area contributed by atoms with Crippen molar-refractivity contribution in [2.45, 2.75) is 58.0 Å². The van der Waals surface area contributed by atoms with Crippen LogP contribution in [-0.4, -0.2) is 23.0 Å². The van der Waals surface area contributed by atoms with Crippen LogP contribution < -0.4 is 5.73 Å². The second kappa shape index (κ2) is 4.03. The van der Waals surface area contributed by atoms with Gasteiger partial charge in [0.25, 0.3) is 0 Å². The third-order valence-corrected chi connectivity index (χ3v) is 4.40. The lowest BCUT2D eigenvalue weighted by Crippen LogP contribution is -2.56. The summed E-state index contributed by atoms with van der Waals surface area (Å²) in [5.41, 5.74) is 5.46. The Bertz CT molecular complexity index is 254. The summed E-state index contributed by atoms with van der Waals surface area (Å²) in [6.45, 7) is 4.30. The molecule has 4 unspecified atom stereocenters.